The topological polar surface area (TPSA) is 74.2 Å². The molecule has 0 aromatic heterocycles. The summed E-state index contributed by atoms with van der Waals surface area (Å²) in [7, 11) is 2.97. The lowest BCUT2D eigenvalue weighted by Crippen LogP contribution is -2.08. The van der Waals surface area contributed by atoms with Gasteiger partial charge in [-0.15, -0.1) is 0 Å². The summed E-state index contributed by atoms with van der Waals surface area (Å²) in [4.78, 5) is 11.2. The fourth-order valence-corrected chi connectivity index (χ4v) is 1.55. The van der Waals surface area contributed by atoms with E-state index in [1.807, 2.05) is 6.92 Å². The third-order valence-electron chi connectivity index (χ3n) is 2.44. The Labute approximate surface area is 111 Å². The number of carboxylic acid groups (broad SMARTS) is 1. The van der Waals surface area contributed by atoms with Crippen molar-refractivity contribution in [3.05, 3.63) is 23.3 Å². The van der Waals surface area contributed by atoms with Gasteiger partial charge < -0.3 is 24.1 Å². The molecule has 1 N–H and O–H groups in total. The van der Waals surface area contributed by atoms with Gasteiger partial charge in [0.25, 0.3) is 0 Å². The van der Waals surface area contributed by atoms with Crippen LogP contribution in [0.2, 0.25) is 0 Å². The molecule has 19 heavy (non-hydrogen) atoms. The summed E-state index contributed by atoms with van der Waals surface area (Å²) in [6.45, 7) is 1.97. The minimum atomic E-state index is -1.06. The average Bonchev–Trinajstić information content (AvgIpc) is 2.42. The number of ether oxygens (including phenoxy) is 4. The van der Waals surface area contributed by atoms with Crippen molar-refractivity contribution in [2.45, 2.75) is 13.3 Å². The third kappa shape index (κ3) is 4.11. The first-order valence-electron chi connectivity index (χ1n) is 5.77. The van der Waals surface area contributed by atoms with Crippen LogP contribution in [0.4, 0.5) is 0 Å². The number of carbonyl (C=O) groups is 1. The van der Waals surface area contributed by atoms with Crippen LogP contribution in [0.25, 0.3) is 0 Å². The highest BCUT2D eigenvalue weighted by atomic mass is 16.7. The molecule has 0 amide bonds. The summed E-state index contributed by atoms with van der Waals surface area (Å²) in [5, 5.41) is 9.17. The van der Waals surface area contributed by atoms with E-state index in [-0.39, 0.29) is 24.9 Å². The molecule has 6 heteroatoms. The van der Waals surface area contributed by atoms with Crippen molar-refractivity contribution < 1.29 is 28.8 Å². The molecule has 0 aliphatic rings. The van der Waals surface area contributed by atoms with Gasteiger partial charge in [-0.05, 0) is 18.1 Å². The van der Waals surface area contributed by atoms with Crippen LogP contribution in [-0.4, -0.2) is 38.9 Å². The maximum atomic E-state index is 11.2. The van der Waals surface area contributed by atoms with Gasteiger partial charge in [-0.25, -0.2) is 4.79 Å². The molecular weight excluding hydrogens is 252 g/mol. The zero-order valence-corrected chi connectivity index (χ0v) is 11.3. The molecule has 0 saturated carbocycles. The zero-order valence-electron chi connectivity index (χ0n) is 11.3. The molecule has 0 heterocycles. The molecule has 0 unspecified atom stereocenters. The van der Waals surface area contributed by atoms with Crippen molar-refractivity contribution in [2.75, 3.05) is 27.8 Å². The summed E-state index contributed by atoms with van der Waals surface area (Å²) in [6.07, 6.45) is 0.643. The van der Waals surface area contributed by atoms with Crippen LogP contribution in [0, 0.1) is 0 Å². The van der Waals surface area contributed by atoms with Crippen LogP contribution in [0.1, 0.15) is 22.8 Å². The Balaban J connectivity index is 3.13. The zero-order chi connectivity index (χ0) is 14.3. The Hall–Kier alpha value is -1.79. The maximum Gasteiger partial charge on any atom is 0.339 e. The number of benzene rings is 1. The number of hydrogen-bond donors (Lipinski definition) is 1. The Morgan fingerprint density at radius 2 is 1.68 bits per heavy atom. The lowest BCUT2D eigenvalue weighted by molar-refractivity contribution is 0.0441. The number of carboxylic acids is 1. The molecule has 0 aliphatic carbocycles. The fraction of sp³-hybridized carbons (Fsp3) is 0.462. The minimum absolute atomic E-state index is 0.0323. The van der Waals surface area contributed by atoms with Gasteiger partial charge >= 0.3 is 5.97 Å². The number of methoxy groups -OCH3 is 2. The van der Waals surface area contributed by atoms with E-state index in [9.17, 15) is 4.79 Å². The van der Waals surface area contributed by atoms with Crippen LogP contribution < -0.4 is 9.47 Å². The van der Waals surface area contributed by atoms with E-state index >= 15 is 0 Å². The van der Waals surface area contributed by atoms with Gasteiger partial charge in [-0.3, -0.25) is 0 Å². The van der Waals surface area contributed by atoms with Gasteiger partial charge in [0.2, 0.25) is 0 Å². The van der Waals surface area contributed by atoms with E-state index in [2.05, 4.69) is 0 Å². The quantitative estimate of drug-likeness (QED) is 0.727. The Morgan fingerprint density at radius 1 is 1.11 bits per heavy atom. The normalized spacial score (nSPS) is 10.3. The van der Waals surface area contributed by atoms with E-state index < -0.39 is 5.97 Å². The van der Waals surface area contributed by atoms with Crippen LogP contribution in [0.5, 0.6) is 11.5 Å². The fourth-order valence-electron chi connectivity index (χ4n) is 1.55. The molecular formula is C13H18O6. The highest BCUT2D eigenvalue weighted by Gasteiger charge is 2.16. The highest BCUT2D eigenvalue weighted by molar-refractivity contribution is 5.91. The van der Waals surface area contributed by atoms with Gasteiger partial charge in [0.05, 0.1) is 0 Å². The smallest absolute Gasteiger partial charge is 0.339 e. The van der Waals surface area contributed by atoms with E-state index in [1.54, 1.807) is 12.1 Å². The van der Waals surface area contributed by atoms with Crippen LogP contribution in [0.15, 0.2) is 12.1 Å². The van der Waals surface area contributed by atoms with Crippen molar-refractivity contribution >= 4 is 5.97 Å². The van der Waals surface area contributed by atoms with E-state index in [0.717, 1.165) is 5.56 Å². The van der Waals surface area contributed by atoms with E-state index in [1.165, 1.54) is 14.2 Å². The van der Waals surface area contributed by atoms with E-state index in [0.29, 0.717) is 12.2 Å². The second kappa shape index (κ2) is 7.60. The second-order valence-electron chi connectivity index (χ2n) is 3.72. The van der Waals surface area contributed by atoms with Crippen molar-refractivity contribution in [3.63, 3.8) is 0 Å². The van der Waals surface area contributed by atoms with Crippen molar-refractivity contribution in [3.8, 4) is 11.5 Å². The third-order valence-corrected chi connectivity index (χ3v) is 2.44. The van der Waals surface area contributed by atoms with Crippen molar-refractivity contribution in [2.24, 2.45) is 0 Å². The van der Waals surface area contributed by atoms with Gasteiger partial charge in [0.1, 0.15) is 17.1 Å². The van der Waals surface area contributed by atoms with Gasteiger partial charge in [0, 0.05) is 20.3 Å². The lowest BCUT2D eigenvalue weighted by Gasteiger charge is -2.14. The molecule has 1 aromatic carbocycles. The average molecular weight is 270 g/mol. The monoisotopic (exact) mass is 270 g/mol. The van der Waals surface area contributed by atoms with Crippen molar-refractivity contribution in [1.82, 2.24) is 0 Å². The number of rotatable bonds is 8. The molecule has 1 aromatic rings. The van der Waals surface area contributed by atoms with Crippen molar-refractivity contribution in [1.29, 1.82) is 0 Å². The molecule has 0 bridgehead atoms. The molecule has 0 spiro atoms. The summed E-state index contributed by atoms with van der Waals surface area (Å²) < 4.78 is 20.3. The SMILES string of the molecule is CCc1cc(C(=O)O)c(OCOC)cc1OCOC. The Kier molecular flexibility index (Phi) is 6.11. The molecule has 0 radical (unpaired) electrons. The lowest BCUT2D eigenvalue weighted by atomic mass is 10.1. The Bertz CT molecular complexity index is 429. The standard InChI is InChI=1S/C13H18O6/c1-4-9-5-10(13(14)15)12(19-8-17-3)6-11(9)18-7-16-2/h5-6H,4,7-8H2,1-3H3,(H,14,15). The van der Waals surface area contributed by atoms with Gasteiger partial charge in [0.15, 0.2) is 13.6 Å². The molecule has 6 nitrogen and oxygen atoms in total. The van der Waals surface area contributed by atoms with Crippen LogP contribution >= 0.6 is 0 Å². The molecule has 0 atom stereocenters. The predicted molar refractivity (Wildman–Crippen MR) is 67.8 cm³/mol. The number of hydrogen-bond acceptors (Lipinski definition) is 5. The summed E-state index contributed by atoms with van der Waals surface area (Å²) in [6, 6.07) is 3.08. The summed E-state index contributed by atoms with van der Waals surface area (Å²) in [5.74, 6) is -0.308. The van der Waals surface area contributed by atoms with Gasteiger partial charge in [-0.1, -0.05) is 6.92 Å². The first-order chi connectivity index (χ1) is 9.13. The molecule has 1 rings (SSSR count). The molecule has 0 fully saturated rings. The maximum absolute atomic E-state index is 11.2. The highest BCUT2D eigenvalue weighted by Crippen LogP contribution is 2.30. The summed E-state index contributed by atoms with van der Waals surface area (Å²) in [5.41, 5.74) is 0.859. The first kappa shape index (κ1) is 15.3. The molecule has 0 aliphatic heterocycles. The van der Waals surface area contributed by atoms with E-state index in [4.69, 9.17) is 24.1 Å². The number of aromatic carboxylic acids is 1. The van der Waals surface area contributed by atoms with Gasteiger partial charge in [-0.2, -0.15) is 0 Å². The Morgan fingerprint density at radius 3 is 2.16 bits per heavy atom. The summed E-state index contributed by atoms with van der Waals surface area (Å²) >= 11 is 0. The van der Waals surface area contributed by atoms with Crippen LogP contribution in [-0.2, 0) is 15.9 Å². The second-order valence-corrected chi connectivity index (χ2v) is 3.72. The molecule has 106 valence electrons. The minimum Gasteiger partial charge on any atom is -0.478 e. The first-order valence-corrected chi connectivity index (χ1v) is 5.77. The number of aryl methyl sites for hydroxylation is 1. The largest absolute Gasteiger partial charge is 0.478 e. The van der Waals surface area contributed by atoms with Crippen LogP contribution in [0.3, 0.4) is 0 Å². The predicted octanol–water partition coefficient (Wildman–Crippen LogP) is 1.91. The molecule has 0 saturated heterocycles.